The lowest BCUT2D eigenvalue weighted by molar-refractivity contribution is -0.922. The number of amides is 3. The zero-order valence-electron chi connectivity index (χ0n) is 30.5. The van der Waals surface area contributed by atoms with Gasteiger partial charge >= 0.3 is 18.3 Å². The van der Waals surface area contributed by atoms with Gasteiger partial charge in [-0.05, 0) is 72.4 Å². The van der Waals surface area contributed by atoms with Crippen LogP contribution in [0.2, 0.25) is 0 Å². The number of halogens is 1. The van der Waals surface area contributed by atoms with E-state index in [0.29, 0.717) is 12.5 Å². The summed E-state index contributed by atoms with van der Waals surface area (Å²) in [7, 11) is 0. The molecule has 10 heteroatoms. The Labute approximate surface area is 304 Å². The molecule has 2 heterocycles. The Morgan fingerprint density at radius 3 is 1.94 bits per heavy atom. The summed E-state index contributed by atoms with van der Waals surface area (Å²) in [6.45, 7) is 15.6. The van der Waals surface area contributed by atoms with Crippen LogP contribution in [0, 0.1) is 5.92 Å². The van der Waals surface area contributed by atoms with Gasteiger partial charge in [-0.15, -0.1) is 0 Å². The van der Waals surface area contributed by atoms with Crippen LogP contribution in [0.15, 0.2) is 54.6 Å². The van der Waals surface area contributed by atoms with Gasteiger partial charge < -0.3 is 35.7 Å². The van der Waals surface area contributed by atoms with Crippen LogP contribution in [0.25, 0.3) is 11.1 Å². The number of rotatable bonds is 13. The Kier molecular flexibility index (Phi) is 15.0. The van der Waals surface area contributed by atoms with Gasteiger partial charge in [0, 0.05) is 24.9 Å². The second kappa shape index (κ2) is 18.2. The van der Waals surface area contributed by atoms with Crippen molar-refractivity contribution >= 4 is 24.0 Å². The molecule has 9 nitrogen and oxygen atoms in total. The van der Waals surface area contributed by atoms with Crippen LogP contribution in [0.1, 0.15) is 99.3 Å². The third kappa shape index (κ3) is 12.9. The molecule has 0 aliphatic carbocycles. The van der Waals surface area contributed by atoms with Crippen LogP contribution in [-0.2, 0) is 14.2 Å². The van der Waals surface area contributed by atoms with Crippen molar-refractivity contribution in [3.8, 4) is 11.1 Å². The highest BCUT2D eigenvalue weighted by Crippen LogP contribution is 2.36. The van der Waals surface area contributed by atoms with Crippen molar-refractivity contribution in [2.24, 2.45) is 5.92 Å². The van der Waals surface area contributed by atoms with E-state index in [2.05, 4.69) is 5.32 Å². The predicted octanol–water partition coefficient (Wildman–Crippen LogP) is 6.42. The minimum atomic E-state index is -0.686. The number of unbranched alkanes of at least 4 members (excludes halogenated alkanes) is 6. The van der Waals surface area contributed by atoms with Gasteiger partial charge in [0.25, 0.3) is 0 Å². The van der Waals surface area contributed by atoms with Crippen molar-refractivity contribution < 1.29 is 50.1 Å². The minimum absolute atomic E-state index is 0. The lowest BCUT2D eigenvalue weighted by Gasteiger charge is -2.40. The predicted molar refractivity (Wildman–Crippen MR) is 190 cm³/mol. The van der Waals surface area contributed by atoms with Crippen LogP contribution >= 0.6 is 0 Å². The van der Waals surface area contributed by atoms with E-state index in [-0.39, 0.29) is 29.2 Å². The number of anilines is 1. The smallest absolute Gasteiger partial charge is 0.419 e. The van der Waals surface area contributed by atoms with Crippen molar-refractivity contribution in [2.75, 3.05) is 38.0 Å². The summed E-state index contributed by atoms with van der Waals surface area (Å²) in [4.78, 5) is 39.4. The number of nitrogens with one attached hydrogen (secondary N) is 1. The first-order valence-electron chi connectivity index (χ1n) is 17.9. The summed E-state index contributed by atoms with van der Waals surface area (Å²) < 4.78 is 18.1. The van der Waals surface area contributed by atoms with Gasteiger partial charge in [0.1, 0.15) is 17.3 Å². The molecule has 2 saturated heterocycles. The third-order valence-electron chi connectivity index (χ3n) is 9.26. The molecule has 0 saturated carbocycles. The molecular formula is C39H58BrN3O6. The SMILES string of the molecule is CC(C)(C)OC(=O)N(CCCCCCCCC[N@+]12CCC(C1)C(OC(=O)Nc1ccccc1-c1ccccc1)CC2)C(=O)OC(C)(C)C.[Br-]. The van der Waals surface area contributed by atoms with E-state index in [9.17, 15) is 14.4 Å². The molecule has 2 aliphatic rings. The highest BCUT2D eigenvalue weighted by Gasteiger charge is 2.47. The maximum absolute atomic E-state index is 13.0. The van der Waals surface area contributed by atoms with Gasteiger partial charge in [-0.25, -0.2) is 19.3 Å². The van der Waals surface area contributed by atoms with Gasteiger partial charge in [-0.1, -0.05) is 74.2 Å². The van der Waals surface area contributed by atoms with Crippen LogP contribution in [-0.4, -0.2) is 77.7 Å². The topological polar surface area (TPSA) is 94.2 Å². The number of piperidine rings is 1. The molecule has 3 amide bonds. The van der Waals surface area contributed by atoms with E-state index < -0.39 is 23.4 Å². The molecule has 2 fully saturated rings. The molecule has 272 valence electrons. The molecule has 2 unspecified atom stereocenters. The molecule has 1 N–H and O–H groups in total. The Hall–Kier alpha value is -3.11. The first-order valence-corrected chi connectivity index (χ1v) is 17.9. The Balaban J connectivity index is 0.00000650. The average molecular weight is 745 g/mol. The van der Waals surface area contributed by atoms with E-state index in [1.54, 1.807) is 41.5 Å². The van der Waals surface area contributed by atoms with Crippen molar-refractivity contribution in [1.82, 2.24) is 4.90 Å². The Morgan fingerprint density at radius 2 is 1.31 bits per heavy atom. The van der Waals surface area contributed by atoms with Crippen LogP contribution in [0.3, 0.4) is 0 Å². The normalized spacial score (nSPS) is 20.1. The molecule has 2 bridgehead atoms. The van der Waals surface area contributed by atoms with Crippen molar-refractivity contribution in [2.45, 2.75) is 117 Å². The molecule has 2 aromatic carbocycles. The largest absolute Gasteiger partial charge is 1.00 e. The highest BCUT2D eigenvalue weighted by atomic mass is 79.9. The fourth-order valence-electron chi connectivity index (χ4n) is 6.96. The number of fused-ring (bicyclic) bond motifs is 2. The van der Waals surface area contributed by atoms with E-state index in [1.165, 1.54) is 32.4 Å². The fourth-order valence-corrected chi connectivity index (χ4v) is 6.96. The molecule has 4 rings (SSSR count). The lowest BCUT2D eigenvalue weighted by Crippen LogP contribution is -3.00. The summed E-state index contributed by atoms with van der Waals surface area (Å²) in [6.07, 6.45) is 7.80. The van der Waals surface area contributed by atoms with Gasteiger partial charge in [0.15, 0.2) is 0 Å². The molecule has 49 heavy (non-hydrogen) atoms. The van der Waals surface area contributed by atoms with Crippen LogP contribution in [0.4, 0.5) is 20.1 Å². The van der Waals surface area contributed by atoms with E-state index in [4.69, 9.17) is 14.2 Å². The number of ether oxygens (including phenoxy) is 3. The van der Waals surface area contributed by atoms with Crippen LogP contribution < -0.4 is 22.3 Å². The Bertz CT molecular complexity index is 1330. The number of benzene rings is 2. The molecule has 2 aromatic rings. The number of hydrogen-bond donors (Lipinski definition) is 1. The van der Waals surface area contributed by atoms with Crippen molar-refractivity contribution in [1.29, 1.82) is 0 Å². The number of para-hydroxylation sites is 1. The van der Waals surface area contributed by atoms with Gasteiger partial charge in [-0.2, -0.15) is 0 Å². The summed E-state index contributed by atoms with van der Waals surface area (Å²) in [5.74, 6) is 0.426. The zero-order valence-corrected chi connectivity index (χ0v) is 32.1. The lowest BCUT2D eigenvalue weighted by atomic mass is 9.95. The minimum Gasteiger partial charge on any atom is -1.00 e. The molecule has 2 aliphatic heterocycles. The fraction of sp³-hybridized carbons (Fsp3) is 0.615. The molecule has 0 aromatic heterocycles. The summed E-state index contributed by atoms with van der Waals surface area (Å²) >= 11 is 0. The first-order chi connectivity index (χ1) is 22.7. The second-order valence-electron chi connectivity index (χ2n) is 15.6. The maximum Gasteiger partial charge on any atom is 0.419 e. The molecular weight excluding hydrogens is 686 g/mol. The zero-order chi connectivity index (χ0) is 34.8. The van der Waals surface area contributed by atoms with Crippen molar-refractivity contribution in [3.63, 3.8) is 0 Å². The number of imide groups is 1. The third-order valence-corrected chi connectivity index (χ3v) is 9.26. The number of quaternary nitrogens is 1. The second-order valence-corrected chi connectivity index (χ2v) is 15.6. The monoisotopic (exact) mass is 743 g/mol. The molecule has 3 atom stereocenters. The van der Waals surface area contributed by atoms with Crippen LogP contribution in [0.5, 0.6) is 0 Å². The summed E-state index contributed by atoms with van der Waals surface area (Å²) in [6, 6.07) is 17.9. The van der Waals surface area contributed by atoms with E-state index >= 15 is 0 Å². The summed E-state index contributed by atoms with van der Waals surface area (Å²) in [5, 5.41) is 3.01. The maximum atomic E-state index is 13.0. The standard InChI is InChI=1S/C39H57N3O6.BrH/c1-38(2,3)47-36(44)41(37(45)48-39(4,5)6)25-17-10-8-7-9-11-18-26-42-27-23-31(29-42)34(24-28-42)46-35(43)40-33-22-16-15-21-32(33)30-19-13-12-14-20-30;/h12-16,19-22,31,34H,7-11,17-18,23-29H2,1-6H3;1H/t31?,34?,42-;/m1./s1. The first kappa shape index (κ1) is 40.3. The highest BCUT2D eigenvalue weighted by molar-refractivity contribution is 5.91. The quantitative estimate of drug-likeness (QED) is 0.145. The molecule has 0 radical (unpaired) electrons. The van der Waals surface area contributed by atoms with Crippen molar-refractivity contribution in [3.05, 3.63) is 54.6 Å². The number of carbonyl (C=O) groups is 3. The number of carbonyl (C=O) groups excluding carboxylic acids is 3. The number of hydrogen-bond acceptors (Lipinski definition) is 6. The van der Waals surface area contributed by atoms with Gasteiger partial charge in [0.2, 0.25) is 0 Å². The van der Waals surface area contributed by atoms with Gasteiger partial charge in [-0.3, -0.25) is 5.32 Å². The summed E-state index contributed by atoms with van der Waals surface area (Å²) in [5.41, 5.74) is 1.44. The van der Waals surface area contributed by atoms with E-state index in [0.717, 1.165) is 77.8 Å². The molecule has 0 spiro atoms. The average Bonchev–Trinajstić information content (AvgIpc) is 3.36. The van der Waals surface area contributed by atoms with E-state index in [1.807, 2.05) is 54.6 Å². The van der Waals surface area contributed by atoms with Gasteiger partial charge in [0.05, 0.1) is 37.8 Å². The number of nitrogens with zero attached hydrogens (tertiary/aromatic N) is 2. The Morgan fingerprint density at radius 1 is 0.755 bits per heavy atom.